The monoisotopic (exact) mass is 172 g/mol. The maximum Gasteiger partial charge on any atom is -0.0225 e. The van der Waals surface area contributed by atoms with Crippen LogP contribution in [0.5, 0.6) is 0 Å². The third kappa shape index (κ3) is 2.32. The zero-order valence-electron chi connectivity index (χ0n) is 8.59. The zero-order valence-corrected chi connectivity index (χ0v) is 8.59. The Bertz CT molecular complexity index is 343. The molecule has 0 aliphatic carbocycles. The minimum absolute atomic E-state index is 1.12. The van der Waals surface area contributed by atoms with Crippen molar-refractivity contribution in [2.45, 2.75) is 20.8 Å². The highest BCUT2D eigenvalue weighted by Crippen LogP contribution is 2.18. The van der Waals surface area contributed by atoms with Gasteiger partial charge in [0.25, 0.3) is 0 Å². The Kier molecular flexibility index (Phi) is 3.07. The molecule has 0 saturated heterocycles. The van der Waals surface area contributed by atoms with E-state index in [9.17, 15) is 0 Å². The van der Waals surface area contributed by atoms with Gasteiger partial charge in [-0.3, -0.25) is 0 Å². The first-order chi connectivity index (χ1) is 6.15. The van der Waals surface area contributed by atoms with Crippen LogP contribution in [0.2, 0.25) is 0 Å². The van der Waals surface area contributed by atoms with Gasteiger partial charge in [-0.25, -0.2) is 0 Å². The molecule has 0 radical (unpaired) electrons. The maximum atomic E-state index is 3.93. The first kappa shape index (κ1) is 9.79. The van der Waals surface area contributed by atoms with Crippen molar-refractivity contribution in [1.29, 1.82) is 0 Å². The molecule has 0 heteroatoms. The van der Waals surface area contributed by atoms with Crippen molar-refractivity contribution in [1.82, 2.24) is 0 Å². The molecule has 0 nitrogen and oxygen atoms in total. The van der Waals surface area contributed by atoms with E-state index in [1.54, 1.807) is 0 Å². The predicted octanol–water partition coefficient (Wildman–Crippen LogP) is 4.14. The van der Waals surface area contributed by atoms with Gasteiger partial charge in [0, 0.05) is 0 Å². The molecule has 0 unspecified atom stereocenters. The molecule has 0 aromatic heterocycles. The number of hydrogen-bond acceptors (Lipinski definition) is 0. The van der Waals surface area contributed by atoms with Crippen LogP contribution >= 0.6 is 0 Å². The van der Waals surface area contributed by atoms with Gasteiger partial charge in [-0.05, 0) is 43.5 Å². The van der Waals surface area contributed by atoms with Crippen LogP contribution in [-0.2, 0) is 0 Å². The summed E-state index contributed by atoms with van der Waals surface area (Å²) in [5, 5.41) is 0. The van der Waals surface area contributed by atoms with Crippen LogP contribution in [0.15, 0.2) is 36.9 Å². The third-order valence-electron chi connectivity index (χ3n) is 2.24. The van der Waals surface area contributed by atoms with Crippen molar-refractivity contribution in [2.24, 2.45) is 0 Å². The molecule has 0 spiro atoms. The van der Waals surface area contributed by atoms with Gasteiger partial charge in [0.2, 0.25) is 0 Å². The molecule has 0 N–H and O–H groups in total. The lowest BCUT2D eigenvalue weighted by molar-refractivity contribution is 1.50. The molecule has 13 heavy (non-hydrogen) atoms. The minimum atomic E-state index is 1.12. The summed E-state index contributed by atoms with van der Waals surface area (Å²) in [7, 11) is 0. The number of allylic oxidation sites excluding steroid dienone is 3. The van der Waals surface area contributed by atoms with Crippen LogP contribution in [0.1, 0.15) is 31.9 Å². The summed E-state index contributed by atoms with van der Waals surface area (Å²) >= 11 is 0. The molecule has 0 atom stereocenters. The second-order valence-corrected chi connectivity index (χ2v) is 3.33. The molecule has 0 fully saturated rings. The topological polar surface area (TPSA) is 0 Å². The standard InChI is InChI=1S/C13H16/c1-5-11(4)13-8-6-7-12(9-13)10(2)3/h5-9H,2H2,1,3-4H3/b11-5+. The molecule has 0 saturated carbocycles. The van der Waals surface area contributed by atoms with Gasteiger partial charge in [0.15, 0.2) is 0 Å². The van der Waals surface area contributed by atoms with Crippen LogP contribution in [-0.4, -0.2) is 0 Å². The van der Waals surface area contributed by atoms with Gasteiger partial charge in [-0.2, -0.15) is 0 Å². The molecule has 0 aliphatic heterocycles. The largest absolute Gasteiger partial charge is 0.0955 e. The Morgan fingerprint density at radius 3 is 2.38 bits per heavy atom. The van der Waals surface area contributed by atoms with E-state index < -0.39 is 0 Å². The summed E-state index contributed by atoms with van der Waals surface area (Å²) in [4.78, 5) is 0. The second-order valence-electron chi connectivity index (χ2n) is 3.33. The van der Waals surface area contributed by atoms with E-state index in [4.69, 9.17) is 0 Å². The summed E-state index contributed by atoms with van der Waals surface area (Å²) in [5.41, 5.74) is 4.93. The molecule has 68 valence electrons. The fraction of sp³-hybridized carbons (Fsp3) is 0.231. The molecule has 0 heterocycles. The van der Waals surface area contributed by atoms with E-state index >= 15 is 0 Å². The molecule has 1 aromatic carbocycles. The fourth-order valence-electron chi connectivity index (χ4n) is 1.20. The van der Waals surface area contributed by atoms with Crippen molar-refractivity contribution < 1.29 is 0 Å². The molecular formula is C13H16. The number of hydrogen-bond donors (Lipinski definition) is 0. The Morgan fingerprint density at radius 2 is 1.85 bits per heavy atom. The quantitative estimate of drug-likeness (QED) is 0.629. The van der Waals surface area contributed by atoms with Gasteiger partial charge in [0.1, 0.15) is 0 Å². The van der Waals surface area contributed by atoms with E-state index in [1.165, 1.54) is 16.7 Å². The van der Waals surface area contributed by atoms with Crippen molar-refractivity contribution in [3.8, 4) is 0 Å². The van der Waals surface area contributed by atoms with Gasteiger partial charge < -0.3 is 0 Å². The second kappa shape index (κ2) is 4.08. The van der Waals surface area contributed by atoms with Crippen molar-refractivity contribution in [3.63, 3.8) is 0 Å². The van der Waals surface area contributed by atoms with Gasteiger partial charge >= 0.3 is 0 Å². The third-order valence-corrected chi connectivity index (χ3v) is 2.24. The molecule has 0 aliphatic rings. The molecule has 1 aromatic rings. The summed E-state index contributed by atoms with van der Waals surface area (Å²) in [5.74, 6) is 0. The molecule has 0 bridgehead atoms. The average molecular weight is 172 g/mol. The molecule has 0 amide bonds. The normalized spacial score (nSPS) is 11.5. The lowest BCUT2D eigenvalue weighted by Crippen LogP contribution is -1.82. The highest BCUT2D eigenvalue weighted by atomic mass is 14.0. The van der Waals surface area contributed by atoms with Crippen molar-refractivity contribution >= 4 is 11.1 Å². The Balaban J connectivity index is 3.13. The van der Waals surface area contributed by atoms with Gasteiger partial charge in [0.05, 0.1) is 0 Å². The minimum Gasteiger partial charge on any atom is -0.0955 e. The maximum absolute atomic E-state index is 3.93. The summed E-state index contributed by atoms with van der Waals surface area (Å²) in [6.45, 7) is 10.1. The van der Waals surface area contributed by atoms with Crippen LogP contribution in [0.3, 0.4) is 0 Å². The molecular weight excluding hydrogens is 156 g/mol. The highest BCUT2D eigenvalue weighted by molar-refractivity contribution is 5.69. The molecule has 1 rings (SSSR count). The van der Waals surface area contributed by atoms with E-state index in [0.29, 0.717) is 0 Å². The Labute approximate surface area is 80.6 Å². The van der Waals surface area contributed by atoms with E-state index in [0.717, 1.165) is 5.57 Å². The van der Waals surface area contributed by atoms with E-state index in [-0.39, 0.29) is 0 Å². The first-order valence-corrected chi connectivity index (χ1v) is 4.54. The zero-order chi connectivity index (χ0) is 9.84. The van der Waals surface area contributed by atoms with Crippen LogP contribution in [0, 0.1) is 0 Å². The van der Waals surface area contributed by atoms with E-state index in [1.807, 2.05) is 6.92 Å². The Hall–Kier alpha value is -1.30. The highest BCUT2D eigenvalue weighted by Gasteiger charge is 1.96. The van der Waals surface area contributed by atoms with Crippen LogP contribution in [0.25, 0.3) is 11.1 Å². The Morgan fingerprint density at radius 1 is 1.23 bits per heavy atom. The average Bonchev–Trinajstić information content (AvgIpc) is 2.17. The number of benzene rings is 1. The SMILES string of the molecule is C=C(C)c1cccc(/C(C)=C/C)c1. The lowest BCUT2D eigenvalue weighted by Gasteiger charge is -2.04. The predicted molar refractivity (Wildman–Crippen MR) is 60.5 cm³/mol. The lowest BCUT2D eigenvalue weighted by atomic mass is 10.0. The first-order valence-electron chi connectivity index (χ1n) is 4.54. The van der Waals surface area contributed by atoms with Gasteiger partial charge in [-0.15, -0.1) is 0 Å². The van der Waals surface area contributed by atoms with Crippen LogP contribution < -0.4 is 0 Å². The fourth-order valence-corrected chi connectivity index (χ4v) is 1.20. The van der Waals surface area contributed by atoms with Crippen molar-refractivity contribution in [2.75, 3.05) is 0 Å². The van der Waals surface area contributed by atoms with Gasteiger partial charge in [-0.1, -0.05) is 36.4 Å². The van der Waals surface area contributed by atoms with E-state index in [2.05, 4.69) is 50.8 Å². The smallest absolute Gasteiger partial charge is 0.0225 e. The van der Waals surface area contributed by atoms with Crippen LogP contribution in [0.4, 0.5) is 0 Å². The van der Waals surface area contributed by atoms with Crippen molar-refractivity contribution in [3.05, 3.63) is 48.0 Å². The summed E-state index contributed by atoms with van der Waals surface area (Å²) < 4.78 is 0. The summed E-state index contributed by atoms with van der Waals surface area (Å²) in [6.07, 6.45) is 2.12. The number of rotatable bonds is 2. The summed E-state index contributed by atoms with van der Waals surface area (Å²) in [6, 6.07) is 8.47.